The average molecular weight is 556 g/mol. The van der Waals surface area contributed by atoms with Crippen molar-refractivity contribution in [3.63, 3.8) is 0 Å². The number of rotatable bonds is 7. The number of nitrogens with one attached hydrogen (secondary N) is 1. The van der Waals surface area contributed by atoms with Crippen LogP contribution in [0.3, 0.4) is 0 Å². The van der Waals surface area contributed by atoms with Gasteiger partial charge in [0.15, 0.2) is 5.17 Å². The molecule has 190 valence electrons. The molecule has 0 aromatic heterocycles. The molecule has 37 heavy (non-hydrogen) atoms. The topological polar surface area (TPSA) is 88.1 Å². The summed E-state index contributed by atoms with van der Waals surface area (Å²) in [7, 11) is 0. The second-order valence-corrected chi connectivity index (χ2v) is 10.1. The van der Waals surface area contributed by atoms with Crippen molar-refractivity contribution >= 4 is 69.3 Å². The van der Waals surface area contributed by atoms with Crippen molar-refractivity contribution in [3.05, 3.63) is 94.0 Å². The van der Waals surface area contributed by atoms with Crippen molar-refractivity contribution in [2.45, 2.75) is 25.1 Å². The number of aliphatic imine (C=N–C) groups is 1. The number of anilines is 1. The van der Waals surface area contributed by atoms with Gasteiger partial charge in [-0.1, -0.05) is 53.2 Å². The van der Waals surface area contributed by atoms with Gasteiger partial charge in [-0.3, -0.25) is 14.5 Å². The van der Waals surface area contributed by atoms with E-state index in [0.29, 0.717) is 32.2 Å². The normalized spacial score (nSPS) is 16.5. The van der Waals surface area contributed by atoms with E-state index in [4.69, 9.17) is 27.9 Å². The maximum atomic E-state index is 13.2. The first-order chi connectivity index (χ1) is 17.8. The molecule has 3 aromatic rings. The van der Waals surface area contributed by atoms with Crippen molar-refractivity contribution in [2.24, 2.45) is 4.99 Å². The quantitative estimate of drug-likeness (QED) is 0.344. The predicted molar refractivity (Wildman–Crippen MR) is 148 cm³/mol. The van der Waals surface area contributed by atoms with Gasteiger partial charge >= 0.3 is 5.97 Å². The molecule has 1 saturated heterocycles. The zero-order chi connectivity index (χ0) is 26.4. The molecule has 2 amide bonds. The van der Waals surface area contributed by atoms with Crippen LogP contribution in [0, 0.1) is 0 Å². The van der Waals surface area contributed by atoms with Crippen molar-refractivity contribution in [2.75, 3.05) is 11.9 Å². The van der Waals surface area contributed by atoms with Crippen LogP contribution >= 0.6 is 35.0 Å². The summed E-state index contributed by atoms with van der Waals surface area (Å²) in [5.41, 5.74) is 2.34. The molecule has 1 heterocycles. The monoisotopic (exact) mass is 555 g/mol. The van der Waals surface area contributed by atoms with Crippen LogP contribution < -0.4 is 5.32 Å². The molecule has 3 aromatic carbocycles. The molecule has 10 heteroatoms. The van der Waals surface area contributed by atoms with Gasteiger partial charge in [0, 0.05) is 22.2 Å². The second kappa shape index (κ2) is 12.3. The molecule has 1 aliphatic rings. The number of carbonyl (C=O) groups excluding carboxylic acids is 3. The van der Waals surface area contributed by atoms with E-state index in [1.807, 2.05) is 12.1 Å². The fraction of sp³-hybridized carbons (Fsp3) is 0.185. The molecule has 0 saturated carbocycles. The third-order valence-electron chi connectivity index (χ3n) is 5.38. The Morgan fingerprint density at radius 1 is 1.05 bits per heavy atom. The third kappa shape index (κ3) is 7.13. The summed E-state index contributed by atoms with van der Waals surface area (Å²) in [4.78, 5) is 44.5. The van der Waals surface area contributed by atoms with Crippen LogP contribution in [-0.2, 0) is 20.9 Å². The lowest BCUT2D eigenvalue weighted by Gasteiger charge is -2.32. The molecule has 0 aliphatic carbocycles. The van der Waals surface area contributed by atoms with E-state index in [-0.39, 0.29) is 31.4 Å². The maximum Gasteiger partial charge on any atom is 0.338 e. The first kappa shape index (κ1) is 26.7. The van der Waals surface area contributed by atoms with E-state index >= 15 is 0 Å². The summed E-state index contributed by atoms with van der Waals surface area (Å²) in [6, 6.07) is 20.6. The number of nitrogens with zero attached hydrogens (tertiary/aromatic N) is 2. The highest BCUT2D eigenvalue weighted by molar-refractivity contribution is 8.15. The largest absolute Gasteiger partial charge is 0.462 e. The Hall–Kier alpha value is -3.33. The number of carbonyl (C=O) groups is 3. The Labute approximate surface area is 228 Å². The summed E-state index contributed by atoms with van der Waals surface area (Å²) < 4.78 is 5.03. The van der Waals surface area contributed by atoms with E-state index in [9.17, 15) is 14.4 Å². The number of ether oxygens (including phenoxy) is 1. The van der Waals surface area contributed by atoms with E-state index in [2.05, 4.69) is 10.3 Å². The Morgan fingerprint density at radius 2 is 1.78 bits per heavy atom. The number of hydrogen-bond acceptors (Lipinski definition) is 6. The number of esters is 1. The van der Waals surface area contributed by atoms with Crippen molar-refractivity contribution in [1.29, 1.82) is 0 Å². The van der Waals surface area contributed by atoms with Gasteiger partial charge in [-0.05, 0) is 67.1 Å². The third-order valence-corrected chi connectivity index (χ3v) is 7.06. The molecule has 0 radical (unpaired) electrons. The van der Waals surface area contributed by atoms with Crippen molar-refractivity contribution < 1.29 is 19.1 Å². The van der Waals surface area contributed by atoms with E-state index < -0.39 is 11.2 Å². The van der Waals surface area contributed by atoms with Crippen LogP contribution in [0.2, 0.25) is 10.0 Å². The summed E-state index contributed by atoms with van der Waals surface area (Å²) >= 11 is 13.2. The molecule has 1 N–H and O–H groups in total. The van der Waals surface area contributed by atoms with Crippen molar-refractivity contribution in [3.8, 4) is 0 Å². The van der Waals surface area contributed by atoms with Gasteiger partial charge in [0.05, 0.1) is 24.4 Å². The molecule has 0 spiro atoms. The smallest absolute Gasteiger partial charge is 0.338 e. The summed E-state index contributed by atoms with van der Waals surface area (Å²) in [5, 5.41) is 3.60. The number of thioether (sulfide) groups is 1. The lowest BCUT2D eigenvalue weighted by atomic mass is 10.2. The molecule has 1 aliphatic heterocycles. The number of halogens is 2. The van der Waals surface area contributed by atoms with E-state index in [1.54, 1.807) is 72.5 Å². The first-order valence-electron chi connectivity index (χ1n) is 11.5. The summed E-state index contributed by atoms with van der Waals surface area (Å²) in [6.07, 6.45) is 0.00543. The van der Waals surface area contributed by atoms with E-state index in [1.165, 1.54) is 11.8 Å². The Bertz CT molecular complexity index is 1330. The van der Waals surface area contributed by atoms with Crippen LogP contribution in [0.5, 0.6) is 0 Å². The fourth-order valence-corrected chi connectivity index (χ4v) is 4.97. The molecule has 4 rings (SSSR count). The minimum Gasteiger partial charge on any atom is -0.462 e. The van der Waals surface area contributed by atoms with Crippen LogP contribution in [0.4, 0.5) is 11.4 Å². The number of benzene rings is 3. The summed E-state index contributed by atoms with van der Waals surface area (Å²) in [6.45, 7) is 2.29. The van der Waals surface area contributed by atoms with Crippen LogP contribution in [-0.4, -0.2) is 39.7 Å². The van der Waals surface area contributed by atoms with Gasteiger partial charge < -0.3 is 10.1 Å². The molecule has 0 bridgehead atoms. The highest BCUT2D eigenvalue weighted by Gasteiger charge is 2.36. The Balaban J connectivity index is 1.60. The predicted octanol–water partition coefficient (Wildman–Crippen LogP) is 6.33. The minimum atomic E-state index is -0.689. The molecular formula is C27H23Cl2N3O4S. The highest BCUT2D eigenvalue weighted by atomic mass is 35.5. The lowest BCUT2D eigenvalue weighted by molar-refractivity contribution is -0.129. The second-order valence-electron chi connectivity index (χ2n) is 8.08. The number of hydrogen-bond donors (Lipinski definition) is 1. The van der Waals surface area contributed by atoms with Gasteiger partial charge in [-0.2, -0.15) is 0 Å². The van der Waals surface area contributed by atoms with Crippen LogP contribution in [0.15, 0.2) is 77.8 Å². The SMILES string of the molecule is CCOC(=O)c1ccc(N=C2SC(C(=O)Nc3cccc(Cl)c3)CC(=O)N2Cc2ccc(Cl)cc2)cc1. The Morgan fingerprint density at radius 3 is 2.46 bits per heavy atom. The zero-order valence-electron chi connectivity index (χ0n) is 19.8. The Kier molecular flexibility index (Phi) is 8.87. The van der Waals surface area contributed by atoms with Gasteiger partial charge in [-0.25, -0.2) is 9.79 Å². The lowest BCUT2D eigenvalue weighted by Crippen LogP contribution is -2.44. The molecule has 1 fully saturated rings. The number of amidine groups is 1. The summed E-state index contributed by atoms with van der Waals surface area (Å²) in [5.74, 6) is -0.981. The highest BCUT2D eigenvalue weighted by Crippen LogP contribution is 2.31. The standard InChI is InChI=1S/C27H23Cl2N3O4S/c1-2-36-26(35)18-8-12-21(13-9-18)31-27-32(16-17-6-10-19(28)11-7-17)24(33)15-23(37-27)25(34)30-22-5-3-4-20(29)14-22/h3-14,23H,2,15-16H2,1H3,(H,30,34). The van der Waals surface area contributed by atoms with Gasteiger partial charge in [0.1, 0.15) is 5.25 Å². The molecule has 7 nitrogen and oxygen atoms in total. The van der Waals surface area contributed by atoms with Gasteiger partial charge in [0.2, 0.25) is 11.8 Å². The average Bonchev–Trinajstić information content (AvgIpc) is 2.87. The first-order valence-corrected chi connectivity index (χ1v) is 13.1. The van der Waals surface area contributed by atoms with Crippen molar-refractivity contribution in [1.82, 2.24) is 4.90 Å². The van der Waals surface area contributed by atoms with Crippen LogP contribution in [0.1, 0.15) is 29.3 Å². The molecular weight excluding hydrogens is 533 g/mol. The maximum absolute atomic E-state index is 13.2. The minimum absolute atomic E-state index is 0.00543. The fourth-order valence-electron chi connectivity index (χ4n) is 3.56. The van der Waals surface area contributed by atoms with Crippen LogP contribution in [0.25, 0.3) is 0 Å². The van der Waals surface area contributed by atoms with Gasteiger partial charge in [0.25, 0.3) is 0 Å². The zero-order valence-corrected chi connectivity index (χ0v) is 22.1. The molecule has 1 atom stereocenters. The van der Waals surface area contributed by atoms with Gasteiger partial charge in [-0.15, -0.1) is 0 Å². The van der Waals surface area contributed by atoms with E-state index in [0.717, 1.165) is 5.56 Å². The number of amides is 2. The molecule has 1 unspecified atom stereocenters.